The molecule has 8 heteroatoms. The smallest absolute Gasteiger partial charge is 0.410 e. The molecule has 3 aliphatic heterocycles. The molecule has 3 heterocycles. The van der Waals surface area contributed by atoms with Crippen molar-refractivity contribution in [3.05, 3.63) is 100 Å². The van der Waals surface area contributed by atoms with Gasteiger partial charge in [-0.3, -0.25) is 9.69 Å². The van der Waals surface area contributed by atoms with Crippen LogP contribution in [0.3, 0.4) is 0 Å². The zero-order valence-electron chi connectivity index (χ0n) is 22.4. The van der Waals surface area contributed by atoms with Gasteiger partial charge in [0.25, 0.3) is 5.91 Å². The fourth-order valence-electron chi connectivity index (χ4n) is 5.84. The van der Waals surface area contributed by atoms with Gasteiger partial charge in [0.15, 0.2) is 0 Å². The minimum absolute atomic E-state index is 0.0212. The molecule has 1 saturated heterocycles. The number of amides is 2. The van der Waals surface area contributed by atoms with Crippen LogP contribution in [-0.4, -0.2) is 72.1 Å². The van der Waals surface area contributed by atoms with Crippen LogP contribution < -0.4 is 4.74 Å². The molecule has 40 heavy (non-hydrogen) atoms. The predicted molar refractivity (Wildman–Crippen MR) is 149 cm³/mol. The van der Waals surface area contributed by atoms with E-state index in [9.17, 15) is 9.59 Å². The van der Waals surface area contributed by atoms with Crippen molar-refractivity contribution in [2.75, 3.05) is 39.4 Å². The second-order valence-electron chi connectivity index (χ2n) is 10.6. The fourth-order valence-corrected chi connectivity index (χ4v) is 5.84. The molecule has 0 saturated carbocycles. The molecule has 0 aromatic heterocycles. The van der Waals surface area contributed by atoms with Crippen LogP contribution in [0.4, 0.5) is 4.79 Å². The van der Waals surface area contributed by atoms with E-state index in [1.54, 1.807) is 29.2 Å². The van der Waals surface area contributed by atoms with Gasteiger partial charge in [0.2, 0.25) is 0 Å². The van der Waals surface area contributed by atoms with Crippen molar-refractivity contribution in [2.45, 2.75) is 32.0 Å². The molecule has 204 valence electrons. The lowest BCUT2D eigenvalue weighted by Gasteiger charge is -2.40. The van der Waals surface area contributed by atoms with E-state index in [0.29, 0.717) is 42.9 Å². The van der Waals surface area contributed by atoms with E-state index in [1.807, 2.05) is 29.2 Å². The van der Waals surface area contributed by atoms with Gasteiger partial charge < -0.3 is 19.3 Å². The molecule has 2 amide bonds. The molecule has 0 radical (unpaired) electrons. The quantitative estimate of drug-likeness (QED) is 0.501. The third kappa shape index (κ3) is 5.57. The normalized spacial score (nSPS) is 18.8. The second-order valence-corrected chi connectivity index (χ2v) is 10.6. The van der Waals surface area contributed by atoms with Crippen LogP contribution in [0, 0.1) is 11.3 Å². The van der Waals surface area contributed by atoms with Crippen LogP contribution >= 0.6 is 0 Å². The van der Waals surface area contributed by atoms with Crippen molar-refractivity contribution in [1.29, 1.82) is 5.26 Å². The number of carbonyl (C=O) groups excluding carboxylic acids is 2. The highest BCUT2D eigenvalue weighted by atomic mass is 16.6. The molecule has 3 aliphatic rings. The van der Waals surface area contributed by atoms with Crippen LogP contribution in [0.5, 0.6) is 5.75 Å². The van der Waals surface area contributed by atoms with E-state index in [4.69, 9.17) is 14.7 Å². The Morgan fingerprint density at radius 2 is 1.68 bits per heavy atom. The van der Waals surface area contributed by atoms with Gasteiger partial charge in [-0.2, -0.15) is 5.26 Å². The van der Waals surface area contributed by atoms with Crippen molar-refractivity contribution in [3.8, 4) is 11.8 Å². The summed E-state index contributed by atoms with van der Waals surface area (Å²) in [4.78, 5) is 33.0. The van der Waals surface area contributed by atoms with Crippen LogP contribution in [0.25, 0.3) is 0 Å². The SMILES string of the molecule is N#Cc1ccc(OC(=O)N2CCc3ccc(C(=O)N4Cc5ccccc5C[C@H]4CN4CCOCC4)cc3C2)cc1. The van der Waals surface area contributed by atoms with Gasteiger partial charge in [0, 0.05) is 50.9 Å². The summed E-state index contributed by atoms with van der Waals surface area (Å²) < 4.78 is 11.1. The largest absolute Gasteiger partial charge is 0.415 e. The molecule has 0 N–H and O–H groups in total. The summed E-state index contributed by atoms with van der Waals surface area (Å²) in [6.07, 6.45) is 1.09. The first kappa shape index (κ1) is 26.1. The Hall–Kier alpha value is -4.19. The number of carbonyl (C=O) groups is 2. The van der Waals surface area contributed by atoms with Crippen molar-refractivity contribution >= 4 is 12.0 Å². The number of fused-ring (bicyclic) bond motifs is 2. The van der Waals surface area contributed by atoms with Gasteiger partial charge in [0.1, 0.15) is 5.75 Å². The van der Waals surface area contributed by atoms with Crippen molar-refractivity contribution in [1.82, 2.24) is 14.7 Å². The Morgan fingerprint density at radius 1 is 0.900 bits per heavy atom. The van der Waals surface area contributed by atoms with Gasteiger partial charge >= 0.3 is 6.09 Å². The Kier molecular flexibility index (Phi) is 7.49. The lowest BCUT2D eigenvalue weighted by atomic mass is 9.92. The number of hydrogen-bond acceptors (Lipinski definition) is 6. The number of benzene rings is 3. The first-order chi connectivity index (χ1) is 19.6. The van der Waals surface area contributed by atoms with E-state index < -0.39 is 6.09 Å². The first-order valence-corrected chi connectivity index (χ1v) is 13.8. The molecule has 0 spiro atoms. The van der Waals surface area contributed by atoms with E-state index in [2.05, 4.69) is 29.2 Å². The number of nitrogens with zero attached hydrogens (tertiary/aromatic N) is 4. The average molecular weight is 537 g/mol. The molecule has 6 rings (SSSR count). The van der Waals surface area contributed by atoms with Gasteiger partial charge in [-0.1, -0.05) is 30.3 Å². The third-order valence-corrected chi connectivity index (χ3v) is 8.10. The number of hydrogen-bond donors (Lipinski definition) is 0. The lowest BCUT2D eigenvalue weighted by Crippen LogP contribution is -2.52. The number of nitriles is 1. The molecule has 3 aromatic rings. The maximum absolute atomic E-state index is 14.0. The minimum Gasteiger partial charge on any atom is -0.410 e. The predicted octanol–water partition coefficient (Wildman–Crippen LogP) is 4.01. The number of rotatable bonds is 4. The Labute approximate surface area is 234 Å². The highest BCUT2D eigenvalue weighted by Crippen LogP contribution is 2.28. The van der Waals surface area contributed by atoms with Crippen LogP contribution in [-0.2, 0) is 30.7 Å². The topological polar surface area (TPSA) is 86.1 Å². The van der Waals surface area contributed by atoms with Crippen LogP contribution in [0.2, 0.25) is 0 Å². The molecule has 0 bridgehead atoms. The molecule has 1 atom stereocenters. The summed E-state index contributed by atoms with van der Waals surface area (Å²) in [6, 6.07) is 22.9. The van der Waals surface area contributed by atoms with E-state index in [1.165, 1.54) is 11.1 Å². The molecule has 8 nitrogen and oxygen atoms in total. The highest BCUT2D eigenvalue weighted by Gasteiger charge is 2.33. The summed E-state index contributed by atoms with van der Waals surface area (Å²) in [5, 5.41) is 8.98. The standard InChI is InChI=1S/C32H32N4O4/c33-19-23-5-9-30(10-6-23)40-32(38)35-12-11-24-7-8-26(17-28(24)20-35)31(37)36-21-27-4-2-1-3-25(27)18-29(36)22-34-13-15-39-16-14-34/h1-10,17,29H,11-16,18,20-22H2/t29-/m0/s1. The fraction of sp³-hybridized carbons (Fsp3) is 0.344. The van der Waals surface area contributed by atoms with Gasteiger partial charge in [-0.25, -0.2) is 4.79 Å². The number of morpholine rings is 1. The minimum atomic E-state index is -0.440. The summed E-state index contributed by atoms with van der Waals surface area (Å²) in [6.45, 7) is 5.55. The Balaban J connectivity index is 1.19. The van der Waals surface area contributed by atoms with Gasteiger partial charge in [-0.15, -0.1) is 0 Å². The van der Waals surface area contributed by atoms with Crippen LogP contribution in [0.15, 0.2) is 66.7 Å². The summed E-state index contributed by atoms with van der Waals surface area (Å²) in [5.41, 5.74) is 5.78. The van der Waals surface area contributed by atoms with Crippen molar-refractivity contribution < 1.29 is 19.1 Å². The highest BCUT2D eigenvalue weighted by molar-refractivity contribution is 5.95. The van der Waals surface area contributed by atoms with E-state index in [-0.39, 0.29) is 11.9 Å². The maximum Gasteiger partial charge on any atom is 0.415 e. The Morgan fingerprint density at radius 3 is 2.45 bits per heavy atom. The summed E-state index contributed by atoms with van der Waals surface area (Å²) in [5.74, 6) is 0.420. The van der Waals surface area contributed by atoms with E-state index in [0.717, 1.165) is 50.4 Å². The molecular weight excluding hydrogens is 504 g/mol. The summed E-state index contributed by atoms with van der Waals surface area (Å²) >= 11 is 0. The second kappa shape index (κ2) is 11.5. The van der Waals surface area contributed by atoms with Crippen molar-refractivity contribution in [3.63, 3.8) is 0 Å². The maximum atomic E-state index is 14.0. The zero-order valence-corrected chi connectivity index (χ0v) is 22.4. The average Bonchev–Trinajstić information content (AvgIpc) is 3.00. The Bertz CT molecular complexity index is 1440. The zero-order chi connectivity index (χ0) is 27.5. The molecular formula is C32H32N4O4. The van der Waals surface area contributed by atoms with Gasteiger partial charge in [-0.05, 0) is 71.5 Å². The molecule has 3 aromatic carbocycles. The number of ether oxygens (including phenoxy) is 2. The third-order valence-electron chi connectivity index (χ3n) is 8.10. The summed E-state index contributed by atoms with van der Waals surface area (Å²) in [7, 11) is 0. The van der Waals surface area contributed by atoms with E-state index >= 15 is 0 Å². The monoisotopic (exact) mass is 536 g/mol. The first-order valence-electron chi connectivity index (χ1n) is 13.8. The lowest BCUT2D eigenvalue weighted by molar-refractivity contribution is 0.0193. The van der Waals surface area contributed by atoms with Gasteiger partial charge in [0.05, 0.1) is 24.8 Å². The molecule has 1 fully saturated rings. The molecule has 0 aliphatic carbocycles. The van der Waals surface area contributed by atoms with Crippen LogP contribution in [0.1, 0.15) is 38.2 Å². The van der Waals surface area contributed by atoms with Crippen molar-refractivity contribution in [2.24, 2.45) is 0 Å². The molecule has 0 unspecified atom stereocenters.